The average Bonchev–Trinajstić information content (AvgIpc) is 3.17. The lowest BCUT2D eigenvalue weighted by Gasteiger charge is -2.19. The quantitative estimate of drug-likeness (QED) is 0.451. The maximum Gasteiger partial charge on any atom is 0.407 e. The number of hydrogen-bond donors (Lipinski definition) is 3. The fourth-order valence-corrected chi connectivity index (χ4v) is 4.15. The minimum atomic E-state index is -1.41. The molecule has 1 atom stereocenters. The van der Waals surface area contributed by atoms with Crippen LogP contribution in [0.2, 0.25) is 0 Å². The Bertz CT molecular complexity index is 1230. The number of anilines is 1. The van der Waals surface area contributed by atoms with Crippen molar-refractivity contribution in [3.63, 3.8) is 0 Å². The molecule has 0 saturated heterocycles. The van der Waals surface area contributed by atoms with Crippen LogP contribution in [0.3, 0.4) is 0 Å². The Morgan fingerprint density at radius 2 is 1.63 bits per heavy atom. The third-order valence-corrected chi connectivity index (χ3v) is 5.76. The summed E-state index contributed by atoms with van der Waals surface area (Å²) >= 11 is 0. The molecular formula is C26H23FN2O6. The molecule has 9 heteroatoms. The average molecular weight is 478 g/mol. The van der Waals surface area contributed by atoms with Gasteiger partial charge in [-0.1, -0.05) is 48.5 Å². The molecule has 0 fully saturated rings. The lowest BCUT2D eigenvalue weighted by Crippen LogP contribution is -2.47. The highest BCUT2D eigenvalue weighted by molar-refractivity contribution is 6.02. The fraction of sp³-hybridized carbons (Fsp3) is 0.192. The van der Waals surface area contributed by atoms with E-state index in [1.165, 1.54) is 7.11 Å². The van der Waals surface area contributed by atoms with Gasteiger partial charge >= 0.3 is 12.1 Å². The summed E-state index contributed by atoms with van der Waals surface area (Å²) in [5.41, 5.74) is 3.73. The summed E-state index contributed by atoms with van der Waals surface area (Å²) in [4.78, 5) is 36.7. The Balaban J connectivity index is 1.43. The maximum absolute atomic E-state index is 13.4. The number of carbonyl (C=O) groups excluding carboxylic acids is 2. The van der Waals surface area contributed by atoms with Crippen LogP contribution >= 0.6 is 0 Å². The third-order valence-electron chi connectivity index (χ3n) is 5.76. The normalized spacial score (nSPS) is 12.9. The van der Waals surface area contributed by atoms with Gasteiger partial charge in [0.1, 0.15) is 18.5 Å². The van der Waals surface area contributed by atoms with Gasteiger partial charge in [-0.15, -0.1) is 0 Å². The monoisotopic (exact) mass is 478 g/mol. The number of halogens is 1. The highest BCUT2D eigenvalue weighted by Crippen LogP contribution is 2.44. The van der Waals surface area contributed by atoms with E-state index in [0.717, 1.165) is 40.5 Å². The molecular weight excluding hydrogens is 455 g/mol. The van der Waals surface area contributed by atoms with Gasteiger partial charge in [0.2, 0.25) is 5.91 Å². The van der Waals surface area contributed by atoms with Gasteiger partial charge in [-0.25, -0.2) is 14.0 Å². The largest absolute Gasteiger partial charge is 0.478 e. The minimum absolute atomic E-state index is 0.0578. The van der Waals surface area contributed by atoms with Crippen molar-refractivity contribution in [1.29, 1.82) is 0 Å². The molecule has 0 radical (unpaired) electrons. The molecule has 0 saturated carbocycles. The molecule has 1 aliphatic carbocycles. The van der Waals surface area contributed by atoms with Gasteiger partial charge in [-0.3, -0.25) is 4.79 Å². The van der Waals surface area contributed by atoms with E-state index in [1.54, 1.807) is 0 Å². The molecule has 4 rings (SSSR count). The van der Waals surface area contributed by atoms with Gasteiger partial charge in [0.15, 0.2) is 0 Å². The molecule has 3 N–H and O–H groups in total. The minimum Gasteiger partial charge on any atom is -0.478 e. The Hall–Kier alpha value is -4.24. The van der Waals surface area contributed by atoms with Crippen molar-refractivity contribution in [3.05, 3.63) is 89.2 Å². The van der Waals surface area contributed by atoms with E-state index in [9.17, 15) is 23.9 Å². The predicted octanol–water partition coefficient (Wildman–Crippen LogP) is 4.02. The van der Waals surface area contributed by atoms with Crippen LogP contribution in [0.5, 0.6) is 0 Å². The maximum atomic E-state index is 13.4. The van der Waals surface area contributed by atoms with Crippen LogP contribution in [0.25, 0.3) is 11.1 Å². The van der Waals surface area contributed by atoms with Crippen molar-refractivity contribution in [2.24, 2.45) is 0 Å². The zero-order valence-electron chi connectivity index (χ0n) is 18.8. The Labute approximate surface area is 200 Å². The van der Waals surface area contributed by atoms with Crippen molar-refractivity contribution in [3.8, 4) is 11.1 Å². The Kier molecular flexibility index (Phi) is 7.07. The summed E-state index contributed by atoms with van der Waals surface area (Å²) in [7, 11) is 1.35. The van der Waals surface area contributed by atoms with E-state index in [4.69, 9.17) is 9.47 Å². The van der Waals surface area contributed by atoms with Crippen LogP contribution < -0.4 is 10.6 Å². The predicted molar refractivity (Wildman–Crippen MR) is 126 cm³/mol. The molecule has 0 spiro atoms. The van der Waals surface area contributed by atoms with E-state index in [0.29, 0.717) is 0 Å². The van der Waals surface area contributed by atoms with E-state index in [1.807, 2.05) is 48.5 Å². The number of amides is 2. The van der Waals surface area contributed by atoms with Crippen LogP contribution in [0, 0.1) is 5.82 Å². The van der Waals surface area contributed by atoms with E-state index >= 15 is 0 Å². The molecule has 3 aromatic rings. The smallest absolute Gasteiger partial charge is 0.407 e. The van der Waals surface area contributed by atoms with Crippen LogP contribution in [-0.4, -0.2) is 49.4 Å². The second-order valence-corrected chi connectivity index (χ2v) is 7.96. The molecule has 0 aliphatic heterocycles. The topological polar surface area (TPSA) is 114 Å². The number of ether oxygens (including phenoxy) is 2. The second-order valence-electron chi connectivity index (χ2n) is 7.96. The van der Waals surface area contributed by atoms with Crippen molar-refractivity contribution < 1.29 is 33.4 Å². The van der Waals surface area contributed by atoms with Gasteiger partial charge in [-0.05, 0) is 40.5 Å². The Morgan fingerprint density at radius 1 is 1.00 bits per heavy atom. The number of benzene rings is 3. The summed E-state index contributed by atoms with van der Waals surface area (Å²) in [6.07, 6.45) is -0.832. The van der Waals surface area contributed by atoms with Gasteiger partial charge in [0.25, 0.3) is 0 Å². The lowest BCUT2D eigenvalue weighted by atomic mass is 9.98. The molecule has 3 aromatic carbocycles. The van der Waals surface area contributed by atoms with Crippen LogP contribution in [0.1, 0.15) is 27.4 Å². The van der Waals surface area contributed by atoms with Gasteiger partial charge in [0.05, 0.1) is 17.9 Å². The highest BCUT2D eigenvalue weighted by atomic mass is 19.1. The van der Waals surface area contributed by atoms with Crippen molar-refractivity contribution in [2.45, 2.75) is 12.0 Å². The number of methoxy groups -OCH3 is 1. The van der Waals surface area contributed by atoms with Crippen LogP contribution in [-0.2, 0) is 14.3 Å². The lowest BCUT2D eigenvalue weighted by molar-refractivity contribution is -0.119. The number of carbonyl (C=O) groups is 3. The first-order valence-corrected chi connectivity index (χ1v) is 10.8. The number of rotatable bonds is 8. The standard InChI is InChI=1S/C26H23FN2O6/c1-34-14-23(24(30)28-22-11-10-15(27)12-20(22)25(31)32)29-26(33)35-13-21-18-8-4-2-6-16(18)17-7-3-5-9-19(17)21/h2-12,21,23H,13-14H2,1H3,(H,28,30)(H,29,33)(H,31,32)/t23-/m0/s1. The van der Waals surface area contributed by atoms with Crippen molar-refractivity contribution >= 4 is 23.7 Å². The van der Waals surface area contributed by atoms with Crippen LogP contribution in [0.15, 0.2) is 66.7 Å². The zero-order valence-corrected chi connectivity index (χ0v) is 18.8. The molecule has 0 unspecified atom stereocenters. The van der Waals surface area contributed by atoms with E-state index in [-0.39, 0.29) is 24.8 Å². The van der Waals surface area contributed by atoms with Gasteiger partial charge in [-0.2, -0.15) is 0 Å². The summed E-state index contributed by atoms with van der Waals surface area (Å²) in [5, 5.41) is 14.1. The third kappa shape index (κ3) is 5.15. The molecule has 2 amide bonds. The fourth-order valence-electron chi connectivity index (χ4n) is 4.15. The first-order valence-electron chi connectivity index (χ1n) is 10.8. The van der Waals surface area contributed by atoms with E-state index < -0.39 is 35.4 Å². The number of carboxylic acids is 1. The molecule has 1 aliphatic rings. The van der Waals surface area contributed by atoms with Crippen molar-refractivity contribution in [1.82, 2.24) is 5.32 Å². The van der Waals surface area contributed by atoms with Crippen LogP contribution in [0.4, 0.5) is 14.9 Å². The second kappa shape index (κ2) is 10.4. The number of hydrogen-bond acceptors (Lipinski definition) is 5. The summed E-state index contributed by atoms with van der Waals surface area (Å²) < 4.78 is 23.9. The molecule has 0 bridgehead atoms. The highest BCUT2D eigenvalue weighted by Gasteiger charge is 2.30. The SMILES string of the molecule is COC[C@H](NC(=O)OCC1c2ccccc2-c2ccccc21)C(=O)Nc1ccc(F)cc1C(=O)O. The molecule has 35 heavy (non-hydrogen) atoms. The molecule has 0 aromatic heterocycles. The molecule has 0 heterocycles. The number of fused-ring (bicyclic) bond motifs is 3. The Morgan fingerprint density at radius 3 is 2.23 bits per heavy atom. The number of carboxylic acid groups (broad SMARTS) is 1. The van der Waals surface area contributed by atoms with Gasteiger partial charge < -0.3 is 25.2 Å². The molecule has 180 valence electrons. The number of nitrogens with one attached hydrogen (secondary N) is 2. The first kappa shape index (κ1) is 23.9. The summed E-state index contributed by atoms with van der Waals surface area (Å²) in [6, 6.07) is 17.6. The zero-order chi connectivity index (χ0) is 24.9. The van der Waals surface area contributed by atoms with E-state index in [2.05, 4.69) is 10.6 Å². The van der Waals surface area contributed by atoms with Gasteiger partial charge in [0, 0.05) is 13.0 Å². The van der Waals surface area contributed by atoms with Crippen molar-refractivity contribution in [2.75, 3.05) is 25.6 Å². The molecule has 8 nitrogen and oxygen atoms in total. The number of aromatic carboxylic acids is 1. The summed E-state index contributed by atoms with van der Waals surface area (Å²) in [5.74, 6) is -3.06. The first-order chi connectivity index (χ1) is 16.9. The number of alkyl carbamates (subject to hydrolysis) is 1. The summed E-state index contributed by atoms with van der Waals surface area (Å²) in [6.45, 7) is -0.137.